The largest absolute Gasteiger partial charge is 0.455 e. The van der Waals surface area contributed by atoms with Crippen molar-refractivity contribution in [2.24, 2.45) is 5.10 Å². The molecular formula is C23H27ClN4O4. The molecular weight excluding hydrogens is 432 g/mol. The van der Waals surface area contributed by atoms with Crippen LogP contribution in [0, 0.1) is 6.92 Å². The third-order valence-electron chi connectivity index (χ3n) is 5.75. The van der Waals surface area contributed by atoms with Crippen LogP contribution >= 0.6 is 11.6 Å². The molecule has 2 heterocycles. The van der Waals surface area contributed by atoms with Crippen LogP contribution < -0.4 is 10.7 Å². The van der Waals surface area contributed by atoms with Gasteiger partial charge in [-0.25, -0.2) is 5.43 Å². The van der Waals surface area contributed by atoms with Gasteiger partial charge in [-0.3, -0.25) is 14.5 Å². The van der Waals surface area contributed by atoms with Crippen LogP contribution in [0.4, 0.5) is 0 Å². The molecule has 0 spiro atoms. The molecule has 1 aliphatic heterocycles. The highest BCUT2D eigenvalue weighted by molar-refractivity contribution is 6.30. The second kappa shape index (κ2) is 10.3. The molecule has 1 aromatic carbocycles. The molecule has 2 amide bonds. The number of rotatable bonds is 6. The number of hydrogen-bond acceptors (Lipinski definition) is 6. The molecule has 0 radical (unpaired) electrons. The van der Waals surface area contributed by atoms with E-state index in [9.17, 15) is 9.59 Å². The molecule has 170 valence electrons. The number of amides is 2. The summed E-state index contributed by atoms with van der Waals surface area (Å²) in [5.41, 5.74) is 5.39. The maximum atomic E-state index is 12.7. The van der Waals surface area contributed by atoms with Crippen LogP contribution in [0.2, 0.25) is 5.02 Å². The molecule has 0 atom stereocenters. The lowest BCUT2D eigenvalue weighted by Gasteiger charge is -2.26. The number of carbonyl (C=O) groups excluding carboxylic acids is 2. The number of furan rings is 1. The number of aryl methyl sites for hydroxylation is 1. The highest BCUT2D eigenvalue weighted by Gasteiger charge is 2.28. The van der Waals surface area contributed by atoms with E-state index in [-0.39, 0.29) is 11.8 Å². The molecule has 1 aromatic heterocycles. The van der Waals surface area contributed by atoms with E-state index >= 15 is 0 Å². The fourth-order valence-electron chi connectivity index (χ4n) is 4.01. The van der Waals surface area contributed by atoms with E-state index in [4.69, 9.17) is 20.8 Å². The summed E-state index contributed by atoms with van der Waals surface area (Å²) in [5, 5.41) is 7.87. The first-order valence-electron chi connectivity index (χ1n) is 10.9. The van der Waals surface area contributed by atoms with Gasteiger partial charge in [0.2, 0.25) is 0 Å². The zero-order valence-electron chi connectivity index (χ0n) is 18.1. The predicted octanol–water partition coefficient (Wildman–Crippen LogP) is 2.77. The number of nitrogens with zero attached hydrogens (tertiary/aromatic N) is 2. The Morgan fingerprint density at radius 1 is 1.12 bits per heavy atom. The van der Waals surface area contributed by atoms with Crippen molar-refractivity contribution in [2.45, 2.75) is 26.2 Å². The molecule has 0 saturated carbocycles. The summed E-state index contributed by atoms with van der Waals surface area (Å²) in [4.78, 5) is 27.4. The standard InChI is InChI=1S/C23H27ClN4O4/c1-15-20-18(26-27-22(29)16-5-7-17(24)8-6-16)3-2-4-19(20)32-21(15)23(30)25-9-10-28-11-13-31-14-12-28/h5-8H,2-4,9-14H2,1H3,(H,25,30)(H,27,29)/b26-18+. The average molecular weight is 459 g/mol. The third kappa shape index (κ3) is 5.20. The van der Waals surface area contributed by atoms with Crippen LogP contribution in [-0.4, -0.2) is 61.8 Å². The van der Waals surface area contributed by atoms with Gasteiger partial charge in [0.05, 0.1) is 18.9 Å². The van der Waals surface area contributed by atoms with E-state index in [1.165, 1.54) is 0 Å². The number of halogens is 1. The van der Waals surface area contributed by atoms with E-state index in [2.05, 4.69) is 20.7 Å². The maximum absolute atomic E-state index is 12.7. The Morgan fingerprint density at radius 3 is 2.62 bits per heavy atom. The molecule has 0 unspecified atom stereocenters. The number of carbonyl (C=O) groups is 2. The molecule has 0 bridgehead atoms. The Hall–Kier alpha value is -2.68. The fourth-order valence-corrected chi connectivity index (χ4v) is 4.14. The van der Waals surface area contributed by atoms with E-state index in [0.29, 0.717) is 29.3 Å². The van der Waals surface area contributed by atoms with Crippen molar-refractivity contribution in [2.75, 3.05) is 39.4 Å². The first-order chi connectivity index (χ1) is 15.5. The highest BCUT2D eigenvalue weighted by Crippen LogP contribution is 2.29. The van der Waals surface area contributed by atoms with Crippen molar-refractivity contribution >= 4 is 29.1 Å². The Balaban J connectivity index is 1.42. The minimum atomic E-state index is -0.316. The quantitative estimate of drug-likeness (QED) is 0.649. The molecule has 8 nitrogen and oxygen atoms in total. The van der Waals surface area contributed by atoms with Gasteiger partial charge in [-0.2, -0.15) is 5.10 Å². The zero-order valence-corrected chi connectivity index (χ0v) is 18.8. The lowest BCUT2D eigenvalue weighted by molar-refractivity contribution is 0.0382. The van der Waals surface area contributed by atoms with Crippen LogP contribution in [0.1, 0.15) is 50.6 Å². The smallest absolute Gasteiger partial charge is 0.287 e. The highest BCUT2D eigenvalue weighted by atomic mass is 35.5. The predicted molar refractivity (Wildman–Crippen MR) is 121 cm³/mol. The Bertz CT molecular complexity index is 1010. The van der Waals surface area contributed by atoms with Gasteiger partial charge in [0.25, 0.3) is 11.8 Å². The first kappa shape index (κ1) is 22.5. The minimum absolute atomic E-state index is 0.227. The van der Waals surface area contributed by atoms with Gasteiger partial charge in [0, 0.05) is 54.3 Å². The number of nitrogens with one attached hydrogen (secondary N) is 2. The van der Waals surface area contributed by atoms with E-state index in [0.717, 1.165) is 68.3 Å². The van der Waals surface area contributed by atoms with Crippen LogP contribution in [-0.2, 0) is 11.2 Å². The topological polar surface area (TPSA) is 96.2 Å². The van der Waals surface area contributed by atoms with E-state index in [1.54, 1.807) is 24.3 Å². The Labute approximate surface area is 191 Å². The minimum Gasteiger partial charge on any atom is -0.455 e. The van der Waals surface area contributed by atoms with Crippen LogP contribution in [0.25, 0.3) is 0 Å². The van der Waals surface area contributed by atoms with Crippen molar-refractivity contribution in [1.82, 2.24) is 15.6 Å². The molecule has 4 rings (SSSR count). The van der Waals surface area contributed by atoms with Crippen LogP contribution in [0.15, 0.2) is 33.8 Å². The number of morpholine rings is 1. The molecule has 1 fully saturated rings. The van der Waals surface area contributed by atoms with Crippen LogP contribution in [0.5, 0.6) is 0 Å². The zero-order chi connectivity index (χ0) is 22.5. The van der Waals surface area contributed by atoms with Gasteiger partial charge in [-0.05, 0) is 44.0 Å². The number of fused-ring (bicyclic) bond motifs is 1. The van der Waals surface area contributed by atoms with Gasteiger partial charge < -0.3 is 14.5 Å². The average Bonchev–Trinajstić information content (AvgIpc) is 3.16. The second-order valence-corrected chi connectivity index (χ2v) is 8.36. The van der Waals surface area contributed by atoms with Crippen molar-refractivity contribution in [3.8, 4) is 0 Å². The van der Waals surface area contributed by atoms with E-state index < -0.39 is 0 Å². The molecule has 2 aliphatic rings. The second-order valence-electron chi connectivity index (χ2n) is 7.92. The maximum Gasteiger partial charge on any atom is 0.287 e. The van der Waals surface area contributed by atoms with Gasteiger partial charge >= 0.3 is 0 Å². The summed E-state index contributed by atoms with van der Waals surface area (Å²) in [5.74, 6) is 0.514. The molecule has 1 saturated heterocycles. The third-order valence-corrected chi connectivity index (χ3v) is 6.00. The Morgan fingerprint density at radius 2 is 1.88 bits per heavy atom. The van der Waals surface area contributed by atoms with Gasteiger partial charge in [-0.1, -0.05) is 11.6 Å². The summed E-state index contributed by atoms with van der Waals surface area (Å²) in [7, 11) is 0. The number of benzene rings is 1. The van der Waals surface area contributed by atoms with Gasteiger partial charge in [-0.15, -0.1) is 0 Å². The lowest BCUT2D eigenvalue weighted by Crippen LogP contribution is -2.41. The SMILES string of the molecule is Cc1c(C(=O)NCCN2CCOCC2)oc2c1/C(=N/NC(=O)c1ccc(Cl)cc1)CCC2. The summed E-state index contributed by atoms with van der Waals surface area (Å²) in [6.07, 6.45) is 2.28. The van der Waals surface area contributed by atoms with Crippen molar-refractivity contribution in [3.05, 3.63) is 57.5 Å². The number of ether oxygens (including phenoxy) is 1. The molecule has 9 heteroatoms. The van der Waals surface area contributed by atoms with E-state index in [1.807, 2.05) is 6.92 Å². The summed E-state index contributed by atoms with van der Waals surface area (Å²) in [6.45, 7) is 6.40. The van der Waals surface area contributed by atoms with Gasteiger partial charge in [0.15, 0.2) is 5.76 Å². The molecule has 1 aliphatic carbocycles. The summed E-state index contributed by atoms with van der Waals surface area (Å²) >= 11 is 5.88. The number of hydrazone groups is 1. The fraction of sp³-hybridized carbons (Fsp3) is 0.435. The first-order valence-corrected chi connectivity index (χ1v) is 11.2. The summed E-state index contributed by atoms with van der Waals surface area (Å²) < 4.78 is 11.3. The molecule has 32 heavy (non-hydrogen) atoms. The van der Waals surface area contributed by atoms with Crippen molar-refractivity contribution < 1.29 is 18.7 Å². The Kier molecular flexibility index (Phi) is 7.24. The van der Waals surface area contributed by atoms with Gasteiger partial charge in [0.1, 0.15) is 5.76 Å². The number of hydrogen-bond donors (Lipinski definition) is 2. The summed E-state index contributed by atoms with van der Waals surface area (Å²) in [6, 6.07) is 6.61. The lowest BCUT2D eigenvalue weighted by atomic mass is 9.93. The molecule has 2 aromatic rings. The normalized spacial score (nSPS) is 17.8. The molecule has 2 N–H and O–H groups in total. The monoisotopic (exact) mass is 458 g/mol. The van der Waals surface area contributed by atoms with Crippen molar-refractivity contribution in [1.29, 1.82) is 0 Å². The van der Waals surface area contributed by atoms with Crippen molar-refractivity contribution in [3.63, 3.8) is 0 Å². The van der Waals surface area contributed by atoms with Crippen LogP contribution in [0.3, 0.4) is 0 Å².